The molecule has 3 N–H and O–H groups in total. The number of nitrogens with one attached hydrogen (secondary N) is 3. The van der Waals surface area contributed by atoms with Gasteiger partial charge in [0, 0.05) is 31.0 Å². The van der Waals surface area contributed by atoms with E-state index in [4.69, 9.17) is 0 Å². The Labute approximate surface area is 79.1 Å². The number of rotatable bonds is 4. The number of hydrogen-bond acceptors (Lipinski definition) is 3. The smallest absolute Gasteiger partial charge is 0.200 e. The number of H-pyrrole nitrogens is 1. The molecule has 0 fully saturated rings. The van der Waals surface area contributed by atoms with E-state index < -0.39 is 0 Å². The Morgan fingerprint density at radius 3 is 2.69 bits per heavy atom. The van der Waals surface area contributed by atoms with Crippen molar-refractivity contribution in [1.29, 1.82) is 0 Å². The van der Waals surface area contributed by atoms with Gasteiger partial charge in [-0.1, -0.05) is 0 Å². The molecular weight excluding hydrogens is 164 g/mol. The highest BCUT2D eigenvalue weighted by molar-refractivity contribution is 5.22. The molecule has 0 aromatic carbocycles. The average molecular weight is 182 g/mol. The summed E-state index contributed by atoms with van der Waals surface area (Å²) >= 11 is 0. The lowest BCUT2D eigenvalue weighted by atomic mass is 10.1. The van der Waals surface area contributed by atoms with Crippen molar-refractivity contribution in [3.63, 3.8) is 0 Å². The number of hydrogen-bond donors (Lipinski definition) is 3. The van der Waals surface area contributed by atoms with Gasteiger partial charge in [0.1, 0.15) is 0 Å². The summed E-state index contributed by atoms with van der Waals surface area (Å²) in [6, 6.07) is 0. The number of aromatic amines is 1. The standard InChI is InChI=1S/C9H18N4/c1-9(2,3)13-7-6-12-8-10-4-5-11-8/h4-5,13H,6-7H2,1-3H3,(H2,10,11,12). The zero-order valence-corrected chi connectivity index (χ0v) is 8.52. The van der Waals surface area contributed by atoms with Crippen LogP contribution in [0.1, 0.15) is 20.8 Å². The van der Waals surface area contributed by atoms with Crippen LogP contribution in [-0.4, -0.2) is 28.6 Å². The van der Waals surface area contributed by atoms with Gasteiger partial charge in [0.25, 0.3) is 0 Å². The van der Waals surface area contributed by atoms with Crippen molar-refractivity contribution in [2.24, 2.45) is 0 Å². The minimum Gasteiger partial charge on any atom is -0.355 e. The molecule has 0 radical (unpaired) electrons. The van der Waals surface area contributed by atoms with Crippen LogP contribution in [0.5, 0.6) is 0 Å². The first-order valence-corrected chi connectivity index (χ1v) is 4.56. The molecular formula is C9H18N4. The fourth-order valence-electron chi connectivity index (χ4n) is 0.980. The number of imidazole rings is 1. The monoisotopic (exact) mass is 182 g/mol. The van der Waals surface area contributed by atoms with Gasteiger partial charge in [-0.3, -0.25) is 0 Å². The highest BCUT2D eigenvalue weighted by atomic mass is 15.1. The van der Waals surface area contributed by atoms with E-state index in [-0.39, 0.29) is 5.54 Å². The Hall–Kier alpha value is -1.03. The molecule has 74 valence electrons. The summed E-state index contributed by atoms with van der Waals surface area (Å²) in [7, 11) is 0. The zero-order chi connectivity index (χ0) is 9.73. The highest BCUT2D eigenvalue weighted by Gasteiger charge is 2.06. The van der Waals surface area contributed by atoms with E-state index in [0.717, 1.165) is 19.0 Å². The van der Waals surface area contributed by atoms with Gasteiger partial charge in [-0.25, -0.2) is 4.98 Å². The molecule has 0 aliphatic carbocycles. The summed E-state index contributed by atoms with van der Waals surface area (Å²) < 4.78 is 0. The summed E-state index contributed by atoms with van der Waals surface area (Å²) in [5, 5.41) is 6.55. The van der Waals surface area contributed by atoms with E-state index in [9.17, 15) is 0 Å². The van der Waals surface area contributed by atoms with Crippen molar-refractivity contribution in [2.75, 3.05) is 18.4 Å². The first-order valence-electron chi connectivity index (χ1n) is 4.56. The fraction of sp³-hybridized carbons (Fsp3) is 0.667. The molecule has 13 heavy (non-hydrogen) atoms. The number of nitrogens with zero attached hydrogens (tertiary/aromatic N) is 1. The van der Waals surface area contributed by atoms with Crippen LogP contribution in [-0.2, 0) is 0 Å². The topological polar surface area (TPSA) is 52.7 Å². The van der Waals surface area contributed by atoms with E-state index in [1.165, 1.54) is 0 Å². The molecule has 0 spiro atoms. The third kappa shape index (κ3) is 4.52. The van der Waals surface area contributed by atoms with Gasteiger partial charge in [0.2, 0.25) is 0 Å². The summed E-state index contributed by atoms with van der Waals surface area (Å²) in [4.78, 5) is 7.04. The lowest BCUT2D eigenvalue weighted by Crippen LogP contribution is -2.38. The van der Waals surface area contributed by atoms with E-state index in [0.29, 0.717) is 0 Å². The lowest BCUT2D eigenvalue weighted by molar-refractivity contribution is 0.435. The van der Waals surface area contributed by atoms with Crippen LogP contribution >= 0.6 is 0 Å². The van der Waals surface area contributed by atoms with Crippen LogP contribution in [0.25, 0.3) is 0 Å². The maximum absolute atomic E-state index is 4.06. The Morgan fingerprint density at radius 2 is 2.15 bits per heavy atom. The van der Waals surface area contributed by atoms with Crippen molar-refractivity contribution in [3.05, 3.63) is 12.4 Å². The molecule has 0 atom stereocenters. The zero-order valence-electron chi connectivity index (χ0n) is 8.52. The Balaban J connectivity index is 2.09. The molecule has 1 heterocycles. The van der Waals surface area contributed by atoms with E-state index in [2.05, 4.69) is 41.4 Å². The maximum Gasteiger partial charge on any atom is 0.200 e. The van der Waals surface area contributed by atoms with Crippen molar-refractivity contribution in [2.45, 2.75) is 26.3 Å². The number of aromatic nitrogens is 2. The minimum absolute atomic E-state index is 0.185. The second kappa shape index (κ2) is 4.28. The van der Waals surface area contributed by atoms with E-state index >= 15 is 0 Å². The molecule has 4 heteroatoms. The van der Waals surface area contributed by atoms with Crippen LogP contribution in [0.4, 0.5) is 5.95 Å². The molecule has 0 aliphatic rings. The van der Waals surface area contributed by atoms with E-state index in [1.54, 1.807) is 12.4 Å². The first kappa shape index (κ1) is 10.1. The Kier molecular flexibility index (Phi) is 3.31. The molecule has 4 nitrogen and oxygen atoms in total. The van der Waals surface area contributed by atoms with Gasteiger partial charge in [0.15, 0.2) is 5.95 Å². The van der Waals surface area contributed by atoms with Crippen molar-refractivity contribution in [3.8, 4) is 0 Å². The quantitative estimate of drug-likeness (QED) is 0.613. The van der Waals surface area contributed by atoms with Crippen molar-refractivity contribution < 1.29 is 0 Å². The third-order valence-corrected chi connectivity index (χ3v) is 1.57. The van der Waals surface area contributed by atoms with Crippen LogP contribution in [0, 0.1) is 0 Å². The summed E-state index contributed by atoms with van der Waals surface area (Å²) in [5.74, 6) is 0.829. The largest absolute Gasteiger partial charge is 0.355 e. The van der Waals surface area contributed by atoms with Crippen LogP contribution in [0.15, 0.2) is 12.4 Å². The molecule has 0 aliphatic heterocycles. The second-order valence-electron chi connectivity index (χ2n) is 4.04. The van der Waals surface area contributed by atoms with Crippen LogP contribution < -0.4 is 10.6 Å². The highest BCUT2D eigenvalue weighted by Crippen LogP contribution is 1.97. The lowest BCUT2D eigenvalue weighted by Gasteiger charge is -2.20. The van der Waals surface area contributed by atoms with Gasteiger partial charge < -0.3 is 15.6 Å². The van der Waals surface area contributed by atoms with Crippen LogP contribution in [0.3, 0.4) is 0 Å². The fourth-order valence-corrected chi connectivity index (χ4v) is 0.980. The van der Waals surface area contributed by atoms with Gasteiger partial charge in [-0.05, 0) is 20.8 Å². The van der Waals surface area contributed by atoms with Crippen molar-refractivity contribution in [1.82, 2.24) is 15.3 Å². The number of anilines is 1. The molecule has 0 saturated carbocycles. The normalized spacial score (nSPS) is 11.6. The maximum atomic E-state index is 4.06. The second-order valence-corrected chi connectivity index (χ2v) is 4.04. The molecule has 0 saturated heterocycles. The third-order valence-electron chi connectivity index (χ3n) is 1.57. The summed E-state index contributed by atoms with van der Waals surface area (Å²) in [5.41, 5.74) is 0.185. The minimum atomic E-state index is 0.185. The van der Waals surface area contributed by atoms with Crippen LogP contribution in [0.2, 0.25) is 0 Å². The van der Waals surface area contributed by atoms with Gasteiger partial charge >= 0.3 is 0 Å². The van der Waals surface area contributed by atoms with E-state index in [1.807, 2.05) is 0 Å². The molecule has 1 aromatic heterocycles. The SMILES string of the molecule is CC(C)(C)NCCNc1ncc[nH]1. The molecule has 0 bridgehead atoms. The molecule has 1 rings (SSSR count). The molecule has 0 unspecified atom stereocenters. The predicted molar refractivity (Wildman–Crippen MR) is 54.8 cm³/mol. The van der Waals surface area contributed by atoms with Gasteiger partial charge in [-0.15, -0.1) is 0 Å². The summed E-state index contributed by atoms with van der Waals surface area (Å²) in [6.45, 7) is 8.27. The first-order chi connectivity index (χ1) is 6.08. The molecule has 0 amide bonds. The van der Waals surface area contributed by atoms with Gasteiger partial charge in [0.05, 0.1) is 0 Å². The predicted octanol–water partition coefficient (Wildman–Crippen LogP) is 1.21. The van der Waals surface area contributed by atoms with Gasteiger partial charge in [-0.2, -0.15) is 0 Å². The average Bonchev–Trinajstić information content (AvgIpc) is 2.48. The summed E-state index contributed by atoms with van der Waals surface area (Å²) in [6.07, 6.45) is 3.54. The Bertz CT molecular complexity index is 222. The Morgan fingerprint density at radius 1 is 1.38 bits per heavy atom. The molecule has 1 aromatic rings. The van der Waals surface area contributed by atoms with Crippen molar-refractivity contribution >= 4 is 5.95 Å².